The van der Waals surface area contributed by atoms with Crippen LogP contribution in [0.1, 0.15) is 5.56 Å². The van der Waals surface area contributed by atoms with Gasteiger partial charge in [0.15, 0.2) is 5.65 Å². The third kappa shape index (κ3) is 5.47. The van der Waals surface area contributed by atoms with Gasteiger partial charge in [-0.25, -0.2) is 19.5 Å². The van der Waals surface area contributed by atoms with E-state index < -0.39 is 0 Å². The second-order valence-electron chi connectivity index (χ2n) is 11.3. The number of pyridine rings is 1. The molecule has 5 aromatic rings. The van der Waals surface area contributed by atoms with E-state index in [4.69, 9.17) is 9.47 Å². The van der Waals surface area contributed by atoms with E-state index in [-0.39, 0.29) is 11.9 Å². The number of likely N-dealkylation sites (N-methyl/N-ethyl adjacent to an activating group) is 1. The molecule has 2 aromatic carbocycles. The molecule has 12 nitrogen and oxygen atoms in total. The lowest BCUT2D eigenvalue weighted by Crippen LogP contribution is -2.58. The Morgan fingerprint density at radius 2 is 2.02 bits per heavy atom. The van der Waals surface area contributed by atoms with E-state index in [0.717, 1.165) is 58.1 Å². The molecule has 2 aliphatic heterocycles. The molecule has 7 rings (SSSR count). The van der Waals surface area contributed by atoms with Gasteiger partial charge in [0.1, 0.15) is 42.3 Å². The number of rotatable bonds is 7. The highest BCUT2D eigenvalue weighted by atomic mass is 16.5. The lowest BCUT2D eigenvalue weighted by Gasteiger charge is -2.45. The van der Waals surface area contributed by atoms with Gasteiger partial charge in [0.25, 0.3) is 0 Å². The number of piperazine rings is 1. The van der Waals surface area contributed by atoms with Crippen LogP contribution in [0.4, 0.5) is 17.2 Å². The van der Waals surface area contributed by atoms with Gasteiger partial charge in [-0.3, -0.25) is 4.79 Å². The zero-order valence-corrected chi connectivity index (χ0v) is 24.8. The van der Waals surface area contributed by atoms with Crippen molar-refractivity contribution in [3.8, 4) is 17.2 Å². The van der Waals surface area contributed by atoms with Crippen LogP contribution in [-0.2, 0) is 4.79 Å². The van der Waals surface area contributed by atoms with E-state index in [0.29, 0.717) is 31.3 Å². The summed E-state index contributed by atoms with van der Waals surface area (Å²) in [5.74, 6) is 2.97. The van der Waals surface area contributed by atoms with Crippen LogP contribution in [0.3, 0.4) is 0 Å². The summed E-state index contributed by atoms with van der Waals surface area (Å²) in [6.07, 6.45) is 8.47. The van der Waals surface area contributed by atoms with Crippen LogP contribution >= 0.6 is 0 Å². The Hall–Kier alpha value is -5.23. The minimum atomic E-state index is 0.0406. The number of carbonyl (C=O) groups is 1. The molecule has 0 bridgehead atoms. The predicted molar refractivity (Wildman–Crippen MR) is 168 cm³/mol. The van der Waals surface area contributed by atoms with E-state index in [1.165, 1.54) is 6.33 Å². The van der Waals surface area contributed by atoms with Gasteiger partial charge in [-0.05, 0) is 56.9 Å². The summed E-state index contributed by atoms with van der Waals surface area (Å²) < 4.78 is 14.0. The van der Waals surface area contributed by atoms with Gasteiger partial charge in [-0.15, -0.1) is 0 Å². The molecule has 0 unspecified atom stereocenters. The zero-order chi connectivity index (χ0) is 30.2. The normalized spacial score (nSPS) is 16.3. The van der Waals surface area contributed by atoms with E-state index >= 15 is 0 Å². The number of fused-ring (bicyclic) bond motifs is 5. The van der Waals surface area contributed by atoms with Gasteiger partial charge in [-0.2, -0.15) is 5.10 Å². The van der Waals surface area contributed by atoms with Crippen molar-refractivity contribution in [2.75, 3.05) is 57.1 Å². The van der Waals surface area contributed by atoms with Crippen molar-refractivity contribution in [1.29, 1.82) is 0 Å². The molecule has 224 valence electrons. The SMILES string of the molecule is Cc1cc(Nc2ncnc3cc4c(cc23)N2CCN(C(=O)/C=C/CN(C)C)C[C@@H]2CO4)ccc1Oc1ccn2ncnc2c1. The number of nitrogens with zero attached hydrogens (tertiary/aromatic N) is 8. The molecule has 3 aromatic heterocycles. The number of anilines is 3. The van der Waals surface area contributed by atoms with Crippen molar-refractivity contribution >= 4 is 39.6 Å². The molecule has 1 fully saturated rings. The standard InChI is InChI=1S/C32H33N9O3/c1-21-13-22(6-7-28(21)44-24-8-10-41-30(14-24)34-20-36-41)37-32-25-15-27-29(16-26(25)33-19-35-32)43-18-23-17-39(11-12-40(23)27)31(42)5-4-9-38(2)3/h4-8,10,13-16,19-20,23H,9,11-12,17-18H2,1-3H3,(H,33,35,37)/b5-4+/t23-/m1/s1. The summed E-state index contributed by atoms with van der Waals surface area (Å²) in [4.78, 5) is 32.4. The molecule has 0 aliphatic carbocycles. The Morgan fingerprint density at radius 1 is 1.11 bits per heavy atom. The molecule has 1 saturated heterocycles. The Bertz CT molecular complexity index is 1890. The number of nitrogens with one attached hydrogen (secondary N) is 1. The number of aryl methyl sites for hydroxylation is 1. The molecule has 2 aliphatic rings. The maximum Gasteiger partial charge on any atom is 0.246 e. The van der Waals surface area contributed by atoms with Crippen LogP contribution < -0.4 is 19.7 Å². The van der Waals surface area contributed by atoms with Gasteiger partial charge in [0.05, 0.1) is 17.2 Å². The summed E-state index contributed by atoms with van der Waals surface area (Å²) >= 11 is 0. The molecule has 0 spiro atoms. The van der Waals surface area contributed by atoms with E-state index in [1.54, 1.807) is 16.9 Å². The van der Waals surface area contributed by atoms with Crippen molar-refractivity contribution in [1.82, 2.24) is 34.4 Å². The number of ether oxygens (including phenoxy) is 2. The Balaban J connectivity index is 1.09. The Labute approximate surface area is 254 Å². The minimum absolute atomic E-state index is 0.0406. The monoisotopic (exact) mass is 591 g/mol. The fourth-order valence-corrected chi connectivity index (χ4v) is 5.65. The molecular formula is C32H33N9O3. The Morgan fingerprint density at radius 3 is 2.89 bits per heavy atom. The summed E-state index contributed by atoms with van der Waals surface area (Å²) in [6.45, 7) is 5.23. The lowest BCUT2D eigenvalue weighted by molar-refractivity contribution is -0.127. The highest BCUT2D eigenvalue weighted by Crippen LogP contribution is 2.40. The average molecular weight is 592 g/mol. The second kappa shape index (κ2) is 11.5. The first-order valence-corrected chi connectivity index (χ1v) is 14.5. The fraction of sp³-hybridized carbons (Fsp3) is 0.281. The largest absolute Gasteiger partial charge is 0.489 e. The fourth-order valence-electron chi connectivity index (χ4n) is 5.65. The van der Waals surface area contributed by atoms with Gasteiger partial charge >= 0.3 is 0 Å². The highest BCUT2D eigenvalue weighted by Gasteiger charge is 2.34. The number of carbonyl (C=O) groups excluding carboxylic acids is 1. The third-order valence-electron chi connectivity index (χ3n) is 7.90. The smallest absolute Gasteiger partial charge is 0.246 e. The van der Waals surface area contributed by atoms with Crippen molar-refractivity contribution < 1.29 is 14.3 Å². The first-order valence-electron chi connectivity index (χ1n) is 14.5. The molecule has 1 amide bonds. The van der Waals surface area contributed by atoms with Crippen LogP contribution in [0.5, 0.6) is 17.2 Å². The number of hydrogen-bond donors (Lipinski definition) is 1. The quantitative estimate of drug-likeness (QED) is 0.278. The van der Waals surface area contributed by atoms with Crippen LogP contribution in [0.25, 0.3) is 16.6 Å². The zero-order valence-electron chi connectivity index (χ0n) is 24.8. The number of amides is 1. The molecule has 0 radical (unpaired) electrons. The summed E-state index contributed by atoms with van der Waals surface area (Å²) in [6, 6.07) is 13.8. The van der Waals surface area contributed by atoms with Crippen molar-refractivity contribution in [3.63, 3.8) is 0 Å². The second-order valence-corrected chi connectivity index (χ2v) is 11.3. The van der Waals surface area contributed by atoms with Gasteiger partial charge in [0.2, 0.25) is 5.91 Å². The molecule has 44 heavy (non-hydrogen) atoms. The van der Waals surface area contributed by atoms with Crippen LogP contribution in [0.2, 0.25) is 0 Å². The summed E-state index contributed by atoms with van der Waals surface area (Å²) in [5.41, 5.74) is 4.35. The van der Waals surface area contributed by atoms with Crippen molar-refractivity contribution in [2.45, 2.75) is 13.0 Å². The number of benzene rings is 2. The highest BCUT2D eigenvalue weighted by molar-refractivity contribution is 5.95. The van der Waals surface area contributed by atoms with Crippen molar-refractivity contribution in [3.05, 3.63) is 79.0 Å². The maximum atomic E-state index is 12.8. The van der Waals surface area contributed by atoms with E-state index in [9.17, 15) is 4.79 Å². The van der Waals surface area contributed by atoms with E-state index in [2.05, 4.69) is 36.3 Å². The first kappa shape index (κ1) is 27.6. The van der Waals surface area contributed by atoms with Crippen molar-refractivity contribution in [2.24, 2.45) is 0 Å². The topological polar surface area (TPSA) is 113 Å². The molecule has 1 N–H and O–H groups in total. The molecule has 0 saturated carbocycles. The molecular weight excluding hydrogens is 558 g/mol. The lowest BCUT2D eigenvalue weighted by atomic mass is 10.1. The number of hydrogen-bond acceptors (Lipinski definition) is 10. The maximum absolute atomic E-state index is 12.8. The Kier molecular flexibility index (Phi) is 7.18. The minimum Gasteiger partial charge on any atom is -0.489 e. The van der Waals surface area contributed by atoms with Crippen LogP contribution in [0, 0.1) is 6.92 Å². The van der Waals surface area contributed by atoms with Crippen LogP contribution in [-0.4, -0.2) is 93.2 Å². The third-order valence-corrected chi connectivity index (χ3v) is 7.90. The van der Waals surface area contributed by atoms with Gasteiger partial charge < -0.3 is 29.5 Å². The molecule has 12 heteroatoms. The van der Waals surface area contributed by atoms with Gasteiger partial charge in [-0.1, -0.05) is 6.08 Å². The summed E-state index contributed by atoms with van der Waals surface area (Å²) in [7, 11) is 3.96. The molecule has 1 atom stereocenters. The molecule has 5 heterocycles. The predicted octanol–water partition coefficient (Wildman–Crippen LogP) is 4.04. The summed E-state index contributed by atoms with van der Waals surface area (Å²) in [5, 5.41) is 8.49. The first-order chi connectivity index (χ1) is 21.4. The van der Waals surface area contributed by atoms with Gasteiger partial charge in [0, 0.05) is 61.7 Å². The average Bonchev–Trinajstić information content (AvgIpc) is 3.49. The van der Waals surface area contributed by atoms with E-state index in [1.807, 2.05) is 79.5 Å². The van der Waals surface area contributed by atoms with Crippen LogP contribution in [0.15, 0.2) is 73.5 Å². The number of aromatic nitrogens is 5.